The summed E-state index contributed by atoms with van der Waals surface area (Å²) in [6.07, 6.45) is 15.2. The quantitative estimate of drug-likeness (QED) is 0.172. The van der Waals surface area contributed by atoms with Crippen LogP contribution in [0.15, 0.2) is 103 Å². The number of nitrogens with one attached hydrogen (secondary N) is 3. The van der Waals surface area contributed by atoms with E-state index in [1.165, 1.54) is 12.7 Å². The van der Waals surface area contributed by atoms with Gasteiger partial charge in [-0.25, -0.2) is 4.79 Å². The average Bonchev–Trinajstić information content (AvgIpc) is 3.09. The summed E-state index contributed by atoms with van der Waals surface area (Å²) < 4.78 is 4.74. The molecule has 246 valence electrons. The molecule has 0 fully saturated rings. The van der Waals surface area contributed by atoms with Gasteiger partial charge in [0.2, 0.25) is 5.91 Å². The first-order valence-electron chi connectivity index (χ1n) is 16.1. The van der Waals surface area contributed by atoms with Gasteiger partial charge in [-0.15, -0.1) is 0 Å². The van der Waals surface area contributed by atoms with Crippen molar-refractivity contribution in [2.24, 2.45) is 0 Å². The van der Waals surface area contributed by atoms with Crippen molar-refractivity contribution in [1.82, 2.24) is 5.32 Å². The number of rotatable bonds is 7. The number of hydrogen-bond donors (Lipinski definition) is 3. The van der Waals surface area contributed by atoms with E-state index in [1.807, 2.05) is 73.8 Å². The number of amides is 2. The number of halogens is 1. The molecular formula is C39H40ClN5O3. The Morgan fingerprint density at radius 3 is 2.75 bits per heavy atom. The van der Waals surface area contributed by atoms with Crippen LogP contribution in [-0.2, 0) is 9.53 Å². The van der Waals surface area contributed by atoms with Crippen LogP contribution < -0.4 is 20.9 Å². The second-order valence-corrected chi connectivity index (χ2v) is 12.3. The molecule has 0 aliphatic carbocycles. The predicted octanol–water partition coefficient (Wildman–Crippen LogP) is 9.16. The van der Waals surface area contributed by atoms with Gasteiger partial charge in [0.1, 0.15) is 6.07 Å². The molecule has 0 spiro atoms. The van der Waals surface area contributed by atoms with Crippen LogP contribution in [0.4, 0.5) is 21.9 Å². The summed E-state index contributed by atoms with van der Waals surface area (Å²) in [5, 5.41) is 19.7. The van der Waals surface area contributed by atoms with Gasteiger partial charge in [0.15, 0.2) is 0 Å². The Morgan fingerprint density at radius 2 is 2.00 bits per heavy atom. The lowest BCUT2D eigenvalue weighted by Gasteiger charge is -2.30. The molecule has 2 atom stereocenters. The molecule has 9 heteroatoms. The number of anilines is 3. The first-order chi connectivity index (χ1) is 23.3. The van der Waals surface area contributed by atoms with Crippen LogP contribution in [0.3, 0.4) is 0 Å². The lowest BCUT2D eigenvalue weighted by Crippen LogP contribution is -2.32. The van der Waals surface area contributed by atoms with Gasteiger partial charge in [-0.05, 0) is 72.4 Å². The highest BCUT2D eigenvalue weighted by molar-refractivity contribution is 6.31. The molecule has 2 aliphatic heterocycles. The van der Waals surface area contributed by atoms with Crippen LogP contribution >= 0.6 is 11.6 Å². The Kier molecular flexibility index (Phi) is 11.4. The standard InChI is InChI=1S/C39H40ClN5O3/c1-4-5-9-26(23-41)25-45(2)37-19-15-30(40)21-34(37)29-14-18-35(42-24-29)32-12-6-7-13-38(46)44-36-22-31(43-39(47)48-3)16-17-33(36)28-11-8-10-27(32)20-28/h5,8-11,14-22,24-25,32,35,42H,4,6-7,12-13H2,1-3H3,(H,43,47)(H,44,46)/b9-5+,26-25+. The van der Waals surface area contributed by atoms with Crippen molar-refractivity contribution in [3.63, 3.8) is 0 Å². The van der Waals surface area contributed by atoms with E-state index in [0.29, 0.717) is 28.4 Å². The number of dihydropyridines is 1. The second kappa shape index (κ2) is 16.0. The van der Waals surface area contributed by atoms with Gasteiger partial charge in [-0.1, -0.05) is 73.5 Å². The Hall–Kier alpha value is -5.26. The van der Waals surface area contributed by atoms with Gasteiger partial charge >= 0.3 is 6.09 Å². The molecule has 2 unspecified atom stereocenters. The van der Waals surface area contributed by atoms with E-state index in [0.717, 1.165) is 53.6 Å². The first kappa shape index (κ1) is 34.1. The molecule has 3 N–H and O–H groups in total. The zero-order valence-electron chi connectivity index (χ0n) is 27.4. The fraction of sp³-hybridized carbons (Fsp3) is 0.256. The van der Waals surface area contributed by atoms with Crippen molar-refractivity contribution < 1.29 is 14.3 Å². The number of methoxy groups -OCH3 is 1. The SMILES string of the molecule is CC/C=C/C(C#N)=C\N(C)c1ccc(Cl)cc1C1=CNC(C2CCCCC(=O)Nc3cc(NC(=O)OC)ccc3-c3cccc2c3)C=C1. The van der Waals surface area contributed by atoms with Gasteiger partial charge in [-0.2, -0.15) is 5.26 Å². The highest BCUT2D eigenvalue weighted by Crippen LogP contribution is 2.38. The Labute approximate surface area is 287 Å². The van der Waals surface area contributed by atoms with E-state index < -0.39 is 6.09 Å². The maximum Gasteiger partial charge on any atom is 0.411 e. The number of nitriles is 1. The number of ether oxygens (including phenoxy) is 1. The highest BCUT2D eigenvalue weighted by atomic mass is 35.5. The van der Waals surface area contributed by atoms with Crippen molar-refractivity contribution in [3.8, 4) is 17.2 Å². The van der Waals surface area contributed by atoms with E-state index in [2.05, 4.69) is 52.4 Å². The number of allylic oxidation sites excluding steroid dienone is 5. The molecule has 0 saturated heterocycles. The number of nitrogens with zero attached hydrogens (tertiary/aromatic N) is 2. The molecule has 2 heterocycles. The average molecular weight is 662 g/mol. The van der Waals surface area contributed by atoms with E-state index >= 15 is 0 Å². The van der Waals surface area contributed by atoms with Crippen LogP contribution in [0.2, 0.25) is 5.02 Å². The van der Waals surface area contributed by atoms with E-state index in [9.17, 15) is 14.9 Å². The molecule has 3 aromatic rings. The fourth-order valence-corrected chi connectivity index (χ4v) is 6.27. The van der Waals surface area contributed by atoms with Crippen molar-refractivity contribution in [1.29, 1.82) is 5.26 Å². The van der Waals surface area contributed by atoms with Crippen molar-refractivity contribution in [3.05, 3.63) is 119 Å². The maximum absolute atomic E-state index is 13.0. The lowest BCUT2D eigenvalue weighted by atomic mass is 9.83. The first-order valence-corrected chi connectivity index (χ1v) is 16.5. The third-order valence-electron chi connectivity index (χ3n) is 8.51. The number of carbonyl (C=O) groups is 2. The summed E-state index contributed by atoms with van der Waals surface area (Å²) in [7, 11) is 3.24. The lowest BCUT2D eigenvalue weighted by molar-refractivity contribution is -0.116. The molecule has 0 aromatic heterocycles. The number of carbonyl (C=O) groups excluding carboxylic acids is 2. The second-order valence-electron chi connectivity index (χ2n) is 11.8. The smallest absolute Gasteiger partial charge is 0.411 e. The highest BCUT2D eigenvalue weighted by Gasteiger charge is 2.25. The van der Waals surface area contributed by atoms with Gasteiger partial charge in [0.05, 0.1) is 24.4 Å². The molecule has 8 nitrogen and oxygen atoms in total. The third kappa shape index (κ3) is 8.36. The van der Waals surface area contributed by atoms with Crippen LogP contribution in [0.1, 0.15) is 56.1 Å². The molecule has 48 heavy (non-hydrogen) atoms. The van der Waals surface area contributed by atoms with Crippen molar-refractivity contribution in [2.75, 3.05) is 29.7 Å². The molecule has 0 radical (unpaired) electrons. The Bertz CT molecular complexity index is 1840. The molecule has 2 bridgehead atoms. The van der Waals surface area contributed by atoms with Gasteiger partial charge in [-0.3, -0.25) is 10.1 Å². The molecular weight excluding hydrogens is 622 g/mol. The Morgan fingerprint density at radius 1 is 1.15 bits per heavy atom. The summed E-state index contributed by atoms with van der Waals surface area (Å²) in [5.41, 5.74) is 7.61. The summed E-state index contributed by atoms with van der Waals surface area (Å²) in [6, 6.07) is 22.0. The van der Waals surface area contributed by atoms with Crippen LogP contribution in [0.25, 0.3) is 16.7 Å². The minimum absolute atomic E-state index is 0.0245. The zero-order valence-corrected chi connectivity index (χ0v) is 28.2. The summed E-state index contributed by atoms with van der Waals surface area (Å²) in [6.45, 7) is 2.04. The number of benzene rings is 3. The third-order valence-corrected chi connectivity index (χ3v) is 8.75. The number of hydrogen-bond acceptors (Lipinski definition) is 6. The minimum Gasteiger partial charge on any atom is -0.453 e. The van der Waals surface area contributed by atoms with Crippen molar-refractivity contribution >= 4 is 46.2 Å². The summed E-state index contributed by atoms with van der Waals surface area (Å²) in [4.78, 5) is 26.7. The van der Waals surface area contributed by atoms with Gasteiger partial charge in [0.25, 0.3) is 0 Å². The van der Waals surface area contributed by atoms with Crippen LogP contribution in [-0.4, -0.2) is 32.2 Å². The minimum atomic E-state index is -0.576. The normalized spacial score (nSPS) is 17.9. The molecule has 3 aromatic carbocycles. The maximum atomic E-state index is 13.0. The molecule has 2 amide bonds. The van der Waals surface area contributed by atoms with Crippen molar-refractivity contribution in [2.45, 2.75) is 51.0 Å². The van der Waals surface area contributed by atoms with Crippen LogP contribution in [0, 0.1) is 11.3 Å². The molecule has 0 saturated carbocycles. The van der Waals surface area contributed by atoms with E-state index in [1.54, 1.807) is 12.1 Å². The number of fused-ring (bicyclic) bond motifs is 4. The van der Waals surface area contributed by atoms with Gasteiger partial charge < -0.3 is 20.3 Å². The monoisotopic (exact) mass is 661 g/mol. The topological polar surface area (TPSA) is 106 Å². The fourth-order valence-electron chi connectivity index (χ4n) is 6.09. The van der Waals surface area contributed by atoms with Gasteiger partial charge in [0, 0.05) is 59.3 Å². The van der Waals surface area contributed by atoms with Crippen LogP contribution in [0.5, 0.6) is 0 Å². The molecule has 2 aliphatic rings. The van der Waals surface area contributed by atoms with E-state index in [4.69, 9.17) is 16.3 Å². The summed E-state index contributed by atoms with van der Waals surface area (Å²) in [5.74, 6) is 0.0848. The predicted molar refractivity (Wildman–Crippen MR) is 195 cm³/mol. The molecule has 5 rings (SSSR count). The summed E-state index contributed by atoms with van der Waals surface area (Å²) >= 11 is 6.48. The largest absolute Gasteiger partial charge is 0.453 e. The Balaban J connectivity index is 1.44. The zero-order chi connectivity index (χ0) is 34.0. The van der Waals surface area contributed by atoms with E-state index in [-0.39, 0.29) is 17.9 Å².